The molecule has 0 bridgehead atoms. The molecule has 138 valence electrons. The number of nitrogens with one attached hydrogen (secondary N) is 1. The van der Waals surface area contributed by atoms with Crippen LogP contribution in [0, 0.1) is 0 Å². The van der Waals surface area contributed by atoms with Gasteiger partial charge in [0, 0.05) is 30.6 Å². The van der Waals surface area contributed by atoms with E-state index in [0.717, 1.165) is 5.56 Å². The van der Waals surface area contributed by atoms with E-state index in [4.69, 9.17) is 0 Å². The third-order valence-corrected chi connectivity index (χ3v) is 4.65. The number of rotatable bonds is 7. The van der Waals surface area contributed by atoms with Gasteiger partial charge in [0.15, 0.2) is 0 Å². The zero-order valence-electron chi connectivity index (χ0n) is 15.6. The second-order valence-electron chi connectivity index (χ2n) is 6.46. The Bertz CT molecular complexity index is 917. The molecule has 2 aromatic carbocycles. The van der Waals surface area contributed by atoms with E-state index in [9.17, 15) is 4.79 Å². The smallest absolute Gasteiger partial charge is 0.330 e. The van der Waals surface area contributed by atoms with Crippen molar-refractivity contribution in [3.8, 4) is 0 Å². The molecule has 4 nitrogen and oxygen atoms in total. The van der Waals surface area contributed by atoms with Crippen molar-refractivity contribution in [3.63, 3.8) is 0 Å². The van der Waals surface area contributed by atoms with Gasteiger partial charge in [0.2, 0.25) is 0 Å². The van der Waals surface area contributed by atoms with Crippen molar-refractivity contribution in [2.75, 3.05) is 7.11 Å². The maximum atomic E-state index is 11.4. The molecule has 0 aliphatic rings. The molecular weight excluding hydrogens is 336 g/mol. The molecule has 1 N–H and O–H groups in total. The van der Waals surface area contributed by atoms with E-state index in [1.165, 1.54) is 29.5 Å². The highest BCUT2D eigenvalue weighted by Gasteiger charge is 2.16. The van der Waals surface area contributed by atoms with Gasteiger partial charge in [0.05, 0.1) is 7.11 Å². The summed E-state index contributed by atoms with van der Waals surface area (Å²) >= 11 is 0. The van der Waals surface area contributed by atoms with Crippen LogP contribution < -0.4 is 5.32 Å². The summed E-state index contributed by atoms with van der Waals surface area (Å²) in [4.78, 5) is 15.6. The Morgan fingerprint density at radius 1 is 1.15 bits per heavy atom. The quantitative estimate of drug-likeness (QED) is 0.488. The topological polar surface area (TPSA) is 51.2 Å². The number of carbonyl (C=O) groups is 1. The van der Waals surface area contributed by atoms with E-state index in [0.29, 0.717) is 6.42 Å². The van der Waals surface area contributed by atoms with Gasteiger partial charge in [-0.25, -0.2) is 4.79 Å². The summed E-state index contributed by atoms with van der Waals surface area (Å²) in [6, 6.07) is 18.9. The number of benzene rings is 2. The third-order valence-electron chi connectivity index (χ3n) is 4.65. The zero-order chi connectivity index (χ0) is 19.1. The van der Waals surface area contributed by atoms with Crippen molar-refractivity contribution in [2.24, 2.45) is 0 Å². The zero-order valence-corrected chi connectivity index (χ0v) is 15.6. The summed E-state index contributed by atoms with van der Waals surface area (Å²) < 4.78 is 4.68. The molecule has 3 aromatic rings. The molecule has 0 saturated heterocycles. The molecule has 0 fully saturated rings. The predicted octanol–water partition coefficient (Wildman–Crippen LogP) is 4.75. The van der Waals surface area contributed by atoms with Gasteiger partial charge < -0.3 is 10.1 Å². The van der Waals surface area contributed by atoms with Gasteiger partial charge in [-0.3, -0.25) is 4.98 Å². The SMILES string of the molecule is COC(=O)/C=C/C[C@H](N[C@H](C)c1cccc2ccccc12)c1cccnc1. The van der Waals surface area contributed by atoms with Crippen LogP contribution in [0.25, 0.3) is 10.8 Å². The van der Waals surface area contributed by atoms with Gasteiger partial charge in [-0.2, -0.15) is 0 Å². The molecule has 2 atom stereocenters. The highest BCUT2D eigenvalue weighted by atomic mass is 16.5. The van der Waals surface area contributed by atoms with Crippen LogP contribution in [0.1, 0.15) is 36.6 Å². The number of hydrogen-bond acceptors (Lipinski definition) is 4. The Balaban J connectivity index is 1.84. The van der Waals surface area contributed by atoms with Crippen molar-refractivity contribution >= 4 is 16.7 Å². The van der Waals surface area contributed by atoms with Crippen molar-refractivity contribution < 1.29 is 9.53 Å². The summed E-state index contributed by atoms with van der Waals surface area (Å²) in [6.07, 6.45) is 7.59. The number of hydrogen-bond donors (Lipinski definition) is 1. The maximum Gasteiger partial charge on any atom is 0.330 e. The number of methoxy groups -OCH3 is 1. The van der Waals surface area contributed by atoms with Crippen LogP contribution in [0.5, 0.6) is 0 Å². The lowest BCUT2D eigenvalue weighted by atomic mass is 9.97. The summed E-state index contributed by atoms with van der Waals surface area (Å²) in [7, 11) is 1.38. The lowest BCUT2D eigenvalue weighted by Gasteiger charge is -2.24. The molecule has 0 aliphatic carbocycles. The lowest BCUT2D eigenvalue weighted by molar-refractivity contribution is -0.134. The van der Waals surface area contributed by atoms with E-state index in [2.05, 4.69) is 64.4 Å². The number of nitrogens with zero attached hydrogens (tertiary/aromatic N) is 1. The molecule has 1 heterocycles. The lowest BCUT2D eigenvalue weighted by Crippen LogP contribution is -2.24. The molecule has 0 amide bonds. The number of pyridine rings is 1. The van der Waals surface area contributed by atoms with E-state index >= 15 is 0 Å². The summed E-state index contributed by atoms with van der Waals surface area (Å²) in [5.74, 6) is -0.345. The van der Waals surface area contributed by atoms with Crippen LogP contribution in [0.2, 0.25) is 0 Å². The van der Waals surface area contributed by atoms with Crippen molar-refractivity contribution in [1.29, 1.82) is 0 Å². The molecular formula is C23H24N2O2. The van der Waals surface area contributed by atoms with Crippen LogP contribution >= 0.6 is 0 Å². The standard InChI is InChI=1S/C23H24N2O2/c1-17(20-12-5-9-18-8-3-4-11-21(18)20)25-22(13-6-14-23(26)27-2)19-10-7-15-24-16-19/h3-12,14-17,22,25H,13H2,1-2H3/b14-6+/t17-,22+/m1/s1. The normalized spacial score (nSPS) is 13.6. The highest BCUT2D eigenvalue weighted by molar-refractivity contribution is 5.86. The second-order valence-corrected chi connectivity index (χ2v) is 6.46. The van der Waals surface area contributed by atoms with Crippen molar-refractivity contribution in [2.45, 2.75) is 25.4 Å². The molecule has 0 saturated carbocycles. The van der Waals surface area contributed by atoms with E-state index in [-0.39, 0.29) is 18.1 Å². The Hall–Kier alpha value is -2.98. The number of aromatic nitrogens is 1. The number of ether oxygens (including phenoxy) is 1. The predicted molar refractivity (Wildman–Crippen MR) is 108 cm³/mol. The Morgan fingerprint density at radius 2 is 1.96 bits per heavy atom. The minimum Gasteiger partial charge on any atom is -0.466 e. The van der Waals surface area contributed by atoms with Crippen LogP contribution in [-0.2, 0) is 9.53 Å². The molecule has 4 heteroatoms. The Morgan fingerprint density at radius 3 is 2.74 bits per heavy atom. The summed E-state index contributed by atoms with van der Waals surface area (Å²) in [5.41, 5.74) is 2.33. The molecule has 0 spiro atoms. The molecule has 3 rings (SSSR count). The highest BCUT2D eigenvalue weighted by Crippen LogP contribution is 2.27. The van der Waals surface area contributed by atoms with Gasteiger partial charge in [-0.05, 0) is 41.3 Å². The fraction of sp³-hybridized carbons (Fsp3) is 0.217. The van der Waals surface area contributed by atoms with Gasteiger partial charge in [-0.1, -0.05) is 54.6 Å². The van der Waals surface area contributed by atoms with Gasteiger partial charge >= 0.3 is 5.97 Å². The third kappa shape index (κ3) is 4.80. The van der Waals surface area contributed by atoms with Crippen LogP contribution in [0.4, 0.5) is 0 Å². The van der Waals surface area contributed by atoms with Crippen LogP contribution in [0.15, 0.2) is 79.1 Å². The molecule has 0 unspecified atom stereocenters. The van der Waals surface area contributed by atoms with E-state index in [1.807, 2.05) is 24.4 Å². The second kappa shape index (κ2) is 9.10. The molecule has 27 heavy (non-hydrogen) atoms. The largest absolute Gasteiger partial charge is 0.466 e. The van der Waals surface area contributed by atoms with Crippen LogP contribution in [0.3, 0.4) is 0 Å². The average molecular weight is 360 g/mol. The Kier molecular flexibility index (Phi) is 6.34. The summed E-state index contributed by atoms with van der Waals surface area (Å²) in [6.45, 7) is 2.16. The number of esters is 1. The molecule has 0 aliphatic heterocycles. The minimum atomic E-state index is -0.345. The van der Waals surface area contributed by atoms with Gasteiger partial charge in [-0.15, -0.1) is 0 Å². The maximum absolute atomic E-state index is 11.4. The fourth-order valence-corrected chi connectivity index (χ4v) is 3.27. The van der Waals surface area contributed by atoms with Gasteiger partial charge in [0.25, 0.3) is 0 Å². The first-order valence-corrected chi connectivity index (χ1v) is 9.07. The minimum absolute atomic E-state index is 0.0357. The van der Waals surface area contributed by atoms with Gasteiger partial charge in [0.1, 0.15) is 0 Å². The summed E-state index contributed by atoms with van der Waals surface area (Å²) in [5, 5.41) is 6.16. The first-order valence-electron chi connectivity index (χ1n) is 9.07. The number of carbonyl (C=O) groups excluding carboxylic acids is 1. The van der Waals surface area contributed by atoms with E-state index in [1.54, 1.807) is 6.20 Å². The number of fused-ring (bicyclic) bond motifs is 1. The molecule has 0 radical (unpaired) electrons. The average Bonchev–Trinajstić information content (AvgIpc) is 2.73. The van der Waals surface area contributed by atoms with Crippen molar-refractivity contribution in [1.82, 2.24) is 10.3 Å². The van der Waals surface area contributed by atoms with Crippen molar-refractivity contribution in [3.05, 3.63) is 90.3 Å². The first-order chi connectivity index (χ1) is 13.2. The fourth-order valence-electron chi connectivity index (χ4n) is 3.27. The molecule has 1 aromatic heterocycles. The first kappa shape index (κ1) is 18.8. The monoisotopic (exact) mass is 360 g/mol. The van der Waals surface area contributed by atoms with E-state index < -0.39 is 0 Å². The van der Waals surface area contributed by atoms with Crippen LogP contribution in [-0.4, -0.2) is 18.1 Å². The Labute approximate surface area is 159 Å².